The van der Waals surface area contributed by atoms with Gasteiger partial charge in [0.25, 0.3) is 0 Å². The molecular formula is C21H23N5O2. The van der Waals surface area contributed by atoms with Gasteiger partial charge in [-0.05, 0) is 43.9 Å². The van der Waals surface area contributed by atoms with Gasteiger partial charge in [0, 0.05) is 19.3 Å². The van der Waals surface area contributed by atoms with Gasteiger partial charge in [-0.1, -0.05) is 12.1 Å². The van der Waals surface area contributed by atoms with Gasteiger partial charge in [0.15, 0.2) is 0 Å². The molecule has 4 heterocycles. The SMILES string of the molecule is Cc1ncc2c(n1)C1(CCN(C(=O)Cc3nc4ccccc4[nH]3)CC1)OCC2. The van der Waals surface area contributed by atoms with E-state index in [0.717, 1.165) is 41.8 Å². The maximum atomic E-state index is 12.8. The summed E-state index contributed by atoms with van der Waals surface area (Å²) in [4.78, 5) is 31.5. The highest BCUT2D eigenvalue weighted by Gasteiger charge is 2.43. The molecule has 7 nitrogen and oxygen atoms in total. The Hall–Kier alpha value is -2.80. The van der Waals surface area contributed by atoms with E-state index in [0.29, 0.717) is 31.9 Å². The lowest BCUT2D eigenvalue weighted by atomic mass is 9.83. The first-order chi connectivity index (χ1) is 13.6. The van der Waals surface area contributed by atoms with Gasteiger partial charge in [0.2, 0.25) is 5.91 Å². The number of nitrogens with zero attached hydrogens (tertiary/aromatic N) is 4. The molecule has 2 aromatic heterocycles. The van der Waals surface area contributed by atoms with E-state index >= 15 is 0 Å². The van der Waals surface area contributed by atoms with E-state index in [1.165, 1.54) is 5.56 Å². The Morgan fingerprint density at radius 2 is 2.07 bits per heavy atom. The number of ether oxygens (including phenoxy) is 1. The molecule has 144 valence electrons. The van der Waals surface area contributed by atoms with Crippen LogP contribution < -0.4 is 0 Å². The summed E-state index contributed by atoms with van der Waals surface area (Å²) < 4.78 is 6.23. The fourth-order valence-corrected chi connectivity index (χ4v) is 4.34. The van der Waals surface area contributed by atoms with E-state index in [1.54, 1.807) is 0 Å². The van der Waals surface area contributed by atoms with E-state index in [4.69, 9.17) is 9.72 Å². The van der Waals surface area contributed by atoms with Crippen LogP contribution in [0.2, 0.25) is 0 Å². The Balaban J connectivity index is 1.30. The maximum absolute atomic E-state index is 12.8. The van der Waals surface area contributed by atoms with Crippen molar-refractivity contribution in [3.63, 3.8) is 0 Å². The minimum Gasteiger partial charge on any atom is -0.368 e. The number of amides is 1. The van der Waals surface area contributed by atoms with Gasteiger partial charge in [0.1, 0.15) is 17.2 Å². The number of fused-ring (bicyclic) bond motifs is 3. The molecule has 1 N–H and O–H groups in total. The zero-order chi connectivity index (χ0) is 19.1. The van der Waals surface area contributed by atoms with Crippen molar-refractivity contribution in [2.75, 3.05) is 19.7 Å². The molecule has 1 spiro atoms. The summed E-state index contributed by atoms with van der Waals surface area (Å²) >= 11 is 0. The molecule has 0 atom stereocenters. The number of piperidine rings is 1. The zero-order valence-electron chi connectivity index (χ0n) is 15.9. The molecule has 3 aromatic rings. The number of carbonyl (C=O) groups is 1. The molecule has 0 bridgehead atoms. The second-order valence-electron chi connectivity index (χ2n) is 7.64. The van der Waals surface area contributed by atoms with Crippen molar-refractivity contribution >= 4 is 16.9 Å². The number of benzene rings is 1. The molecule has 0 unspecified atom stereocenters. The second-order valence-corrected chi connectivity index (χ2v) is 7.64. The fraction of sp³-hybridized carbons (Fsp3) is 0.429. The van der Waals surface area contributed by atoms with E-state index < -0.39 is 0 Å². The number of hydrogen-bond acceptors (Lipinski definition) is 5. The Labute approximate surface area is 163 Å². The minimum absolute atomic E-state index is 0.101. The topological polar surface area (TPSA) is 84.0 Å². The number of carbonyl (C=O) groups excluding carboxylic acids is 1. The predicted octanol–water partition coefficient (Wildman–Crippen LogP) is 2.29. The van der Waals surface area contributed by atoms with Crippen LogP contribution in [0.3, 0.4) is 0 Å². The van der Waals surface area contributed by atoms with Crippen LogP contribution in [0, 0.1) is 6.92 Å². The average molecular weight is 377 g/mol. The van der Waals surface area contributed by atoms with E-state index in [2.05, 4.69) is 15.0 Å². The molecule has 0 saturated carbocycles. The smallest absolute Gasteiger partial charge is 0.230 e. The highest BCUT2D eigenvalue weighted by atomic mass is 16.5. The van der Waals surface area contributed by atoms with Crippen molar-refractivity contribution in [1.29, 1.82) is 0 Å². The summed E-state index contributed by atoms with van der Waals surface area (Å²) in [5, 5.41) is 0. The number of aromatic nitrogens is 4. The number of imidazole rings is 1. The molecule has 7 heteroatoms. The number of hydrogen-bond donors (Lipinski definition) is 1. The second kappa shape index (κ2) is 6.67. The molecule has 1 fully saturated rings. The fourth-order valence-electron chi connectivity index (χ4n) is 4.34. The van der Waals surface area contributed by atoms with Crippen LogP contribution in [0.1, 0.15) is 35.7 Å². The van der Waals surface area contributed by atoms with Gasteiger partial charge in [-0.2, -0.15) is 0 Å². The molecule has 1 amide bonds. The molecule has 2 aliphatic heterocycles. The van der Waals surface area contributed by atoms with Gasteiger partial charge in [-0.25, -0.2) is 15.0 Å². The van der Waals surface area contributed by atoms with Crippen LogP contribution >= 0.6 is 0 Å². The molecular weight excluding hydrogens is 354 g/mol. The van der Waals surface area contributed by atoms with Crippen molar-refractivity contribution in [1.82, 2.24) is 24.8 Å². The quantitative estimate of drug-likeness (QED) is 0.741. The van der Waals surface area contributed by atoms with E-state index in [9.17, 15) is 4.79 Å². The van der Waals surface area contributed by atoms with Gasteiger partial charge in [-0.3, -0.25) is 4.79 Å². The molecule has 0 aliphatic carbocycles. The van der Waals surface area contributed by atoms with Gasteiger partial charge in [0.05, 0.1) is 29.8 Å². The zero-order valence-corrected chi connectivity index (χ0v) is 15.9. The summed E-state index contributed by atoms with van der Waals surface area (Å²) in [6.45, 7) is 3.93. The summed E-state index contributed by atoms with van der Waals surface area (Å²) in [7, 11) is 0. The summed E-state index contributed by atoms with van der Waals surface area (Å²) in [6.07, 6.45) is 4.61. The molecule has 28 heavy (non-hydrogen) atoms. The summed E-state index contributed by atoms with van der Waals surface area (Å²) in [6, 6.07) is 7.84. The number of likely N-dealkylation sites (tertiary alicyclic amines) is 1. The van der Waals surface area contributed by atoms with E-state index in [1.807, 2.05) is 42.3 Å². The Morgan fingerprint density at radius 1 is 1.25 bits per heavy atom. The highest BCUT2D eigenvalue weighted by molar-refractivity contribution is 5.80. The highest BCUT2D eigenvalue weighted by Crippen LogP contribution is 2.40. The molecule has 5 rings (SSSR count). The van der Waals surface area contributed by atoms with Gasteiger partial charge >= 0.3 is 0 Å². The standard InChI is InChI=1S/C21H23N5O2/c1-14-22-13-15-6-11-28-21(20(15)23-14)7-9-26(10-8-21)19(27)12-18-24-16-4-2-3-5-17(16)25-18/h2-5,13H,6-12H2,1H3,(H,24,25). The summed E-state index contributed by atoms with van der Waals surface area (Å²) in [5.41, 5.74) is 3.68. The van der Waals surface area contributed by atoms with Crippen LogP contribution in [0.25, 0.3) is 11.0 Å². The lowest BCUT2D eigenvalue weighted by Crippen LogP contribution is -2.49. The maximum Gasteiger partial charge on any atom is 0.230 e. The Bertz CT molecular complexity index is 1000. The third-order valence-electron chi connectivity index (χ3n) is 5.85. The number of aromatic amines is 1. The Kier molecular flexibility index (Phi) is 4.12. The van der Waals surface area contributed by atoms with Gasteiger partial charge < -0.3 is 14.6 Å². The van der Waals surface area contributed by atoms with Crippen molar-refractivity contribution in [3.8, 4) is 0 Å². The lowest BCUT2D eigenvalue weighted by molar-refractivity contribution is -0.140. The average Bonchev–Trinajstić information content (AvgIpc) is 3.11. The normalized spacial score (nSPS) is 18.4. The third kappa shape index (κ3) is 2.96. The van der Waals surface area contributed by atoms with Crippen molar-refractivity contribution in [3.05, 3.63) is 53.4 Å². The first kappa shape index (κ1) is 17.3. The largest absolute Gasteiger partial charge is 0.368 e. The van der Waals surface area contributed by atoms with Crippen molar-refractivity contribution < 1.29 is 9.53 Å². The molecule has 1 saturated heterocycles. The van der Waals surface area contributed by atoms with Crippen molar-refractivity contribution in [2.24, 2.45) is 0 Å². The third-order valence-corrected chi connectivity index (χ3v) is 5.85. The molecule has 2 aliphatic rings. The monoisotopic (exact) mass is 377 g/mol. The van der Waals surface area contributed by atoms with Crippen LogP contribution in [-0.2, 0) is 28.0 Å². The van der Waals surface area contributed by atoms with Crippen molar-refractivity contribution in [2.45, 2.75) is 38.2 Å². The molecule has 1 aromatic carbocycles. The number of para-hydroxylation sites is 2. The first-order valence-corrected chi connectivity index (χ1v) is 9.81. The number of aryl methyl sites for hydroxylation is 1. The van der Waals surface area contributed by atoms with E-state index in [-0.39, 0.29) is 11.5 Å². The number of nitrogens with one attached hydrogen (secondary N) is 1. The summed E-state index contributed by atoms with van der Waals surface area (Å²) in [5.74, 6) is 1.59. The van der Waals surface area contributed by atoms with Crippen LogP contribution in [0.15, 0.2) is 30.5 Å². The predicted molar refractivity (Wildman–Crippen MR) is 104 cm³/mol. The first-order valence-electron chi connectivity index (χ1n) is 9.81. The minimum atomic E-state index is -0.378. The van der Waals surface area contributed by atoms with Crippen LogP contribution in [-0.4, -0.2) is 50.4 Å². The lowest BCUT2D eigenvalue weighted by Gasteiger charge is -2.44. The number of H-pyrrole nitrogens is 1. The molecule has 0 radical (unpaired) electrons. The van der Waals surface area contributed by atoms with Gasteiger partial charge in [-0.15, -0.1) is 0 Å². The number of rotatable bonds is 2. The van der Waals surface area contributed by atoms with Crippen LogP contribution in [0.5, 0.6) is 0 Å². The Morgan fingerprint density at radius 3 is 2.89 bits per heavy atom. The van der Waals surface area contributed by atoms with Crippen LogP contribution in [0.4, 0.5) is 0 Å².